The number of imidazole rings is 1. The molecule has 0 amide bonds. The van der Waals surface area contributed by atoms with Crippen molar-refractivity contribution in [1.29, 1.82) is 0 Å². The minimum Gasteiger partial charge on any atom is -0.396 e. The fourth-order valence-electron chi connectivity index (χ4n) is 0.925. The molecule has 0 unspecified atom stereocenters. The number of rotatable bonds is 2. The molecule has 11 heavy (non-hydrogen) atoms. The Bertz CT molecular complexity index is 257. The predicted molar refractivity (Wildman–Crippen MR) is 46.4 cm³/mol. The van der Waals surface area contributed by atoms with Crippen molar-refractivity contribution < 1.29 is 5.11 Å². The summed E-state index contributed by atoms with van der Waals surface area (Å²) in [4.78, 5) is 4.22. The number of hydrogen-bond donors (Lipinski definition) is 1. The third kappa shape index (κ3) is 1.62. The third-order valence-corrected chi connectivity index (χ3v) is 2.50. The van der Waals surface area contributed by atoms with E-state index in [0.717, 1.165) is 16.1 Å². The highest BCUT2D eigenvalue weighted by Gasteiger charge is 2.06. The lowest BCUT2D eigenvalue weighted by molar-refractivity contribution is 0.295. The molecule has 0 aromatic carbocycles. The zero-order valence-corrected chi connectivity index (χ0v) is 8.22. The summed E-state index contributed by atoms with van der Waals surface area (Å²) in [5.41, 5.74) is 1.09. The smallest absolute Gasteiger partial charge is 0.127 e. The zero-order chi connectivity index (χ0) is 8.43. The largest absolute Gasteiger partial charge is 0.396 e. The quantitative estimate of drug-likeness (QED) is 0.806. The molecule has 1 rings (SSSR count). The third-order valence-electron chi connectivity index (χ3n) is 1.75. The molecule has 1 N–H and O–H groups in total. The highest BCUT2D eigenvalue weighted by Crippen LogP contribution is 2.15. The normalized spacial score (nSPS) is 10.5. The Balaban J connectivity index is 2.98. The van der Waals surface area contributed by atoms with Crippen molar-refractivity contribution in [3.8, 4) is 0 Å². The van der Waals surface area contributed by atoms with Crippen LogP contribution in [0.15, 0.2) is 4.60 Å². The molecule has 62 valence electrons. The van der Waals surface area contributed by atoms with Gasteiger partial charge in [-0.1, -0.05) is 0 Å². The molecular formula is C7H11BrN2O. The van der Waals surface area contributed by atoms with Crippen LogP contribution in [0.4, 0.5) is 0 Å². The first kappa shape index (κ1) is 8.74. The minimum atomic E-state index is 0.150. The SMILES string of the molecule is Cc1c(Br)nc(CCO)n1C. The van der Waals surface area contributed by atoms with Crippen LogP contribution >= 0.6 is 15.9 Å². The Morgan fingerprint density at radius 2 is 2.27 bits per heavy atom. The van der Waals surface area contributed by atoms with E-state index in [2.05, 4.69) is 20.9 Å². The number of halogens is 1. The van der Waals surface area contributed by atoms with Crippen LogP contribution in [-0.2, 0) is 13.5 Å². The number of aromatic nitrogens is 2. The molecular weight excluding hydrogens is 208 g/mol. The molecule has 0 aliphatic carbocycles. The van der Waals surface area contributed by atoms with Gasteiger partial charge in [0.15, 0.2) is 0 Å². The van der Waals surface area contributed by atoms with E-state index in [-0.39, 0.29) is 6.61 Å². The monoisotopic (exact) mass is 218 g/mol. The van der Waals surface area contributed by atoms with Gasteiger partial charge in [0.2, 0.25) is 0 Å². The molecule has 0 spiro atoms. The van der Waals surface area contributed by atoms with Crippen molar-refractivity contribution in [3.63, 3.8) is 0 Å². The van der Waals surface area contributed by atoms with E-state index in [1.165, 1.54) is 0 Å². The number of aliphatic hydroxyl groups excluding tert-OH is 1. The lowest BCUT2D eigenvalue weighted by Gasteiger charge is -1.99. The summed E-state index contributed by atoms with van der Waals surface area (Å²) in [7, 11) is 1.94. The fourth-order valence-corrected chi connectivity index (χ4v) is 1.40. The second-order valence-electron chi connectivity index (χ2n) is 2.44. The van der Waals surface area contributed by atoms with Crippen LogP contribution in [0.2, 0.25) is 0 Å². The molecule has 0 radical (unpaired) electrons. The molecule has 0 atom stereocenters. The van der Waals surface area contributed by atoms with Crippen LogP contribution < -0.4 is 0 Å². The highest BCUT2D eigenvalue weighted by atomic mass is 79.9. The Kier molecular flexibility index (Phi) is 2.67. The molecule has 1 aromatic rings. The highest BCUT2D eigenvalue weighted by molar-refractivity contribution is 9.10. The Morgan fingerprint density at radius 1 is 1.64 bits per heavy atom. The Morgan fingerprint density at radius 3 is 2.64 bits per heavy atom. The molecule has 1 heterocycles. The second-order valence-corrected chi connectivity index (χ2v) is 3.19. The van der Waals surface area contributed by atoms with Crippen molar-refractivity contribution in [2.45, 2.75) is 13.3 Å². The molecule has 1 aromatic heterocycles. The van der Waals surface area contributed by atoms with E-state index >= 15 is 0 Å². The molecule has 0 fully saturated rings. The fraction of sp³-hybridized carbons (Fsp3) is 0.571. The molecule has 3 nitrogen and oxygen atoms in total. The van der Waals surface area contributed by atoms with E-state index in [9.17, 15) is 0 Å². The van der Waals surface area contributed by atoms with Gasteiger partial charge in [-0.05, 0) is 22.9 Å². The van der Waals surface area contributed by atoms with Crippen LogP contribution in [0.5, 0.6) is 0 Å². The van der Waals surface area contributed by atoms with Gasteiger partial charge in [-0.3, -0.25) is 0 Å². The second kappa shape index (κ2) is 3.36. The number of hydrogen-bond acceptors (Lipinski definition) is 2. The first-order valence-corrected chi connectivity index (χ1v) is 4.24. The summed E-state index contributed by atoms with van der Waals surface area (Å²) in [6.45, 7) is 2.13. The van der Waals surface area contributed by atoms with Crippen molar-refractivity contribution >= 4 is 15.9 Å². The van der Waals surface area contributed by atoms with Crippen LogP contribution in [0.1, 0.15) is 11.5 Å². The van der Waals surface area contributed by atoms with Gasteiger partial charge in [-0.2, -0.15) is 0 Å². The van der Waals surface area contributed by atoms with Gasteiger partial charge in [0.05, 0.1) is 6.61 Å². The van der Waals surface area contributed by atoms with Crippen molar-refractivity contribution in [1.82, 2.24) is 9.55 Å². The maximum atomic E-state index is 8.68. The van der Waals surface area contributed by atoms with Gasteiger partial charge in [-0.15, -0.1) is 0 Å². The van der Waals surface area contributed by atoms with Crippen LogP contribution in [0.25, 0.3) is 0 Å². The first-order chi connectivity index (χ1) is 5.16. The number of nitrogens with zero attached hydrogens (tertiary/aromatic N) is 2. The van der Waals surface area contributed by atoms with E-state index < -0.39 is 0 Å². The lowest BCUT2D eigenvalue weighted by atomic mass is 10.4. The maximum absolute atomic E-state index is 8.68. The molecule has 0 saturated heterocycles. The topological polar surface area (TPSA) is 38.1 Å². The summed E-state index contributed by atoms with van der Waals surface area (Å²) in [5, 5.41) is 8.68. The molecule has 0 aliphatic rings. The summed E-state index contributed by atoms with van der Waals surface area (Å²) >= 11 is 3.32. The number of aliphatic hydroxyl groups is 1. The van der Waals surface area contributed by atoms with Crippen molar-refractivity contribution in [2.24, 2.45) is 7.05 Å². The van der Waals surface area contributed by atoms with Crippen molar-refractivity contribution in [3.05, 3.63) is 16.1 Å². The molecule has 4 heteroatoms. The van der Waals surface area contributed by atoms with E-state index in [4.69, 9.17) is 5.11 Å². The van der Waals surface area contributed by atoms with Crippen LogP contribution in [-0.4, -0.2) is 21.3 Å². The van der Waals surface area contributed by atoms with Gasteiger partial charge in [0.1, 0.15) is 10.4 Å². The first-order valence-electron chi connectivity index (χ1n) is 3.45. The molecule has 0 bridgehead atoms. The van der Waals surface area contributed by atoms with Gasteiger partial charge < -0.3 is 9.67 Å². The zero-order valence-electron chi connectivity index (χ0n) is 6.63. The summed E-state index contributed by atoms with van der Waals surface area (Å²) < 4.78 is 2.84. The standard InChI is InChI=1S/C7H11BrN2O/c1-5-7(8)9-6(3-4-11)10(5)2/h11H,3-4H2,1-2H3. The van der Waals surface area contributed by atoms with Crippen LogP contribution in [0, 0.1) is 6.92 Å². The van der Waals surface area contributed by atoms with Gasteiger partial charge >= 0.3 is 0 Å². The average molecular weight is 219 g/mol. The van der Waals surface area contributed by atoms with Gasteiger partial charge in [0, 0.05) is 19.2 Å². The minimum absolute atomic E-state index is 0.150. The van der Waals surface area contributed by atoms with Gasteiger partial charge in [0.25, 0.3) is 0 Å². The van der Waals surface area contributed by atoms with E-state index in [0.29, 0.717) is 6.42 Å². The van der Waals surface area contributed by atoms with E-state index in [1.807, 2.05) is 18.5 Å². The average Bonchev–Trinajstić information content (AvgIpc) is 2.19. The molecule has 0 aliphatic heterocycles. The summed E-state index contributed by atoms with van der Waals surface area (Å²) in [5.74, 6) is 0.914. The Labute approximate surface area is 74.2 Å². The van der Waals surface area contributed by atoms with E-state index in [1.54, 1.807) is 0 Å². The summed E-state index contributed by atoms with van der Waals surface area (Å²) in [6, 6.07) is 0. The predicted octanol–water partition coefficient (Wildman–Crippen LogP) is 1.03. The van der Waals surface area contributed by atoms with Crippen molar-refractivity contribution in [2.75, 3.05) is 6.61 Å². The lowest BCUT2D eigenvalue weighted by Crippen LogP contribution is -2.01. The van der Waals surface area contributed by atoms with Crippen LogP contribution in [0.3, 0.4) is 0 Å². The Hall–Kier alpha value is -0.350. The molecule has 0 saturated carbocycles. The summed E-state index contributed by atoms with van der Waals surface area (Å²) in [6.07, 6.45) is 0.614. The maximum Gasteiger partial charge on any atom is 0.127 e. The van der Waals surface area contributed by atoms with Gasteiger partial charge in [-0.25, -0.2) is 4.98 Å².